The van der Waals surface area contributed by atoms with Crippen molar-refractivity contribution in [1.29, 1.82) is 0 Å². The summed E-state index contributed by atoms with van der Waals surface area (Å²) >= 11 is 5.30. The average molecular weight is 336 g/mol. The van der Waals surface area contributed by atoms with Crippen molar-refractivity contribution in [1.82, 2.24) is 5.32 Å². The molecule has 0 unspecified atom stereocenters. The van der Waals surface area contributed by atoms with Crippen LogP contribution in [0.3, 0.4) is 0 Å². The van der Waals surface area contributed by atoms with Crippen LogP contribution < -0.4 is 5.32 Å². The van der Waals surface area contributed by atoms with E-state index in [1.807, 2.05) is 11.3 Å². The standard InChI is InChI=1S/C16H18BrNS/c1-3-18-11-12(2)10-15-8-9-16(19-15)13-4-6-14(17)7-5-13/h4-10,18H,3,11H2,1-2H3. The molecule has 1 aromatic heterocycles. The van der Waals surface area contributed by atoms with Crippen LogP contribution in [0.25, 0.3) is 16.5 Å². The minimum absolute atomic E-state index is 0.960. The molecule has 1 heterocycles. The minimum atomic E-state index is 0.960. The summed E-state index contributed by atoms with van der Waals surface area (Å²) in [5, 5.41) is 3.34. The number of hydrogen-bond donors (Lipinski definition) is 1. The molecule has 0 spiro atoms. The molecule has 1 aromatic carbocycles. The van der Waals surface area contributed by atoms with Crippen LogP contribution in [-0.2, 0) is 0 Å². The summed E-state index contributed by atoms with van der Waals surface area (Å²) < 4.78 is 1.12. The number of nitrogens with one attached hydrogen (secondary N) is 1. The van der Waals surface area contributed by atoms with Crippen LogP contribution in [0.2, 0.25) is 0 Å². The largest absolute Gasteiger partial charge is 0.313 e. The first kappa shape index (κ1) is 14.5. The number of benzene rings is 1. The Bertz CT molecular complexity index is 554. The van der Waals surface area contributed by atoms with Gasteiger partial charge in [0, 0.05) is 20.8 Å². The molecular formula is C16H18BrNS. The van der Waals surface area contributed by atoms with E-state index >= 15 is 0 Å². The van der Waals surface area contributed by atoms with E-state index in [-0.39, 0.29) is 0 Å². The quantitative estimate of drug-likeness (QED) is 0.792. The first-order valence-electron chi connectivity index (χ1n) is 6.42. The van der Waals surface area contributed by atoms with Gasteiger partial charge >= 0.3 is 0 Å². The number of halogens is 1. The van der Waals surface area contributed by atoms with Gasteiger partial charge in [0.25, 0.3) is 0 Å². The molecule has 0 saturated carbocycles. The lowest BCUT2D eigenvalue weighted by atomic mass is 10.2. The lowest BCUT2D eigenvalue weighted by Crippen LogP contribution is -2.14. The smallest absolute Gasteiger partial charge is 0.0349 e. The molecule has 0 amide bonds. The van der Waals surface area contributed by atoms with Crippen molar-refractivity contribution >= 4 is 33.3 Å². The third kappa shape index (κ3) is 4.30. The zero-order valence-corrected chi connectivity index (χ0v) is 13.6. The summed E-state index contributed by atoms with van der Waals surface area (Å²) in [5.74, 6) is 0. The fraction of sp³-hybridized carbons (Fsp3) is 0.250. The highest BCUT2D eigenvalue weighted by Gasteiger charge is 2.01. The third-order valence-electron chi connectivity index (χ3n) is 2.80. The molecule has 3 heteroatoms. The van der Waals surface area contributed by atoms with E-state index in [0.717, 1.165) is 17.6 Å². The van der Waals surface area contributed by atoms with Crippen molar-refractivity contribution in [3.05, 3.63) is 51.3 Å². The Kier molecular flexibility index (Phi) is 5.37. The molecule has 0 atom stereocenters. The van der Waals surface area contributed by atoms with Crippen LogP contribution in [0.1, 0.15) is 18.7 Å². The topological polar surface area (TPSA) is 12.0 Å². The van der Waals surface area contributed by atoms with E-state index in [2.05, 4.69) is 77.6 Å². The maximum absolute atomic E-state index is 3.47. The predicted molar refractivity (Wildman–Crippen MR) is 89.6 cm³/mol. The van der Waals surface area contributed by atoms with E-state index in [1.54, 1.807) is 0 Å². The van der Waals surface area contributed by atoms with E-state index in [0.29, 0.717) is 0 Å². The van der Waals surface area contributed by atoms with E-state index in [9.17, 15) is 0 Å². The normalized spacial score (nSPS) is 11.8. The van der Waals surface area contributed by atoms with Crippen LogP contribution in [0.15, 0.2) is 46.4 Å². The lowest BCUT2D eigenvalue weighted by Gasteiger charge is -2.00. The minimum Gasteiger partial charge on any atom is -0.313 e. The second-order valence-corrected chi connectivity index (χ2v) is 6.51. The summed E-state index contributed by atoms with van der Waals surface area (Å²) in [6.07, 6.45) is 2.26. The van der Waals surface area contributed by atoms with Crippen molar-refractivity contribution in [3.63, 3.8) is 0 Å². The molecule has 0 aliphatic carbocycles. The van der Waals surface area contributed by atoms with Crippen LogP contribution in [-0.4, -0.2) is 13.1 Å². The van der Waals surface area contributed by atoms with Crippen molar-refractivity contribution < 1.29 is 0 Å². The summed E-state index contributed by atoms with van der Waals surface area (Å²) in [6.45, 7) is 6.27. The maximum Gasteiger partial charge on any atom is 0.0349 e. The van der Waals surface area contributed by atoms with Crippen LogP contribution in [0.5, 0.6) is 0 Å². The molecule has 0 saturated heterocycles. The fourth-order valence-electron chi connectivity index (χ4n) is 1.82. The Balaban J connectivity index is 2.12. The molecule has 1 N–H and O–H groups in total. The highest BCUT2D eigenvalue weighted by molar-refractivity contribution is 9.10. The van der Waals surface area contributed by atoms with Crippen molar-refractivity contribution in [2.24, 2.45) is 0 Å². The Morgan fingerprint density at radius 1 is 1.21 bits per heavy atom. The van der Waals surface area contributed by atoms with Crippen molar-refractivity contribution in [3.8, 4) is 10.4 Å². The summed E-state index contributed by atoms with van der Waals surface area (Å²) in [4.78, 5) is 2.63. The van der Waals surface area contributed by atoms with Gasteiger partial charge in [-0.05, 0) is 49.4 Å². The van der Waals surface area contributed by atoms with Gasteiger partial charge in [0.05, 0.1) is 0 Å². The molecule has 0 radical (unpaired) electrons. The van der Waals surface area contributed by atoms with Gasteiger partial charge in [0.15, 0.2) is 0 Å². The fourth-order valence-corrected chi connectivity index (χ4v) is 3.12. The molecule has 0 aliphatic rings. The van der Waals surface area contributed by atoms with Gasteiger partial charge in [-0.25, -0.2) is 0 Å². The number of thiophene rings is 1. The summed E-state index contributed by atoms with van der Waals surface area (Å²) in [5.41, 5.74) is 2.64. The van der Waals surface area contributed by atoms with Gasteiger partial charge in [0.2, 0.25) is 0 Å². The first-order valence-corrected chi connectivity index (χ1v) is 8.03. The Labute approximate surface area is 127 Å². The van der Waals surface area contributed by atoms with Gasteiger partial charge in [-0.3, -0.25) is 0 Å². The van der Waals surface area contributed by atoms with Gasteiger partial charge in [0.1, 0.15) is 0 Å². The zero-order valence-electron chi connectivity index (χ0n) is 11.2. The molecule has 1 nitrogen and oxygen atoms in total. The zero-order chi connectivity index (χ0) is 13.7. The number of rotatable bonds is 5. The first-order chi connectivity index (χ1) is 9.19. The van der Waals surface area contributed by atoms with E-state index in [1.165, 1.54) is 20.9 Å². The number of hydrogen-bond acceptors (Lipinski definition) is 2. The van der Waals surface area contributed by atoms with Crippen molar-refractivity contribution in [2.45, 2.75) is 13.8 Å². The molecule has 0 bridgehead atoms. The monoisotopic (exact) mass is 335 g/mol. The summed E-state index contributed by atoms with van der Waals surface area (Å²) in [6, 6.07) is 12.9. The predicted octanol–water partition coefficient (Wildman–Crippen LogP) is 5.19. The average Bonchev–Trinajstić information content (AvgIpc) is 2.85. The molecule has 0 fully saturated rings. The highest BCUT2D eigenvalue weighted by Crippen LogP contribution is 2.30. The van der Waals surface area contributed by atoms with Crippen molar-refractivity contribution in [2.75, 3.05) is 13.1 Å². The highest BCUT2D eigenvalue weighted by atomic mass is 79.9. The van der Waals surface area contributed by atoms with Crippen LogP contribution in [0, 0.1) is 0 Å². The van der Waals surface area contributed by atoms with Gasteiger partial charge in [-0.1, -0.05) is 40.6 Å². The lowest BCUT2D eigenvalue weighted by molar-refractivity contribution is 0.779. The maximum atomic E-state index is 3.47. The number of likely N-dealkylation sites (N-methyl/N-ethyl adjacent to an activating group) is 1. The summed E-state index contributed by atoms with van der Waals surface area (Å²) in [7, 11) is 0. The van der Waals surface area contributed by atoms with Gasteiger partial charge in [-0.15, -0.1) is 11.3 Å². The van der Waals surface area contributed by atoms with Gasteiger partial charge in [-0.2, -0.15) is 0 Å². The molecule has 0 aliphatic heterocycles. The van der Waals surface area contributed by atoms with Crippen LogP contribution in [0.4, 0.5) is 0 Å². The van der Waals surface area contributed by atoms with E-state index in [4.69, 9.17) is 0 Å². The molecule has 19 heavy (non-hydrogen) atoms. The van der Waals surface area contributed by atoms with Crippen LogP contribution >= 0.6 is 27.3 Å². The molecule has 100 valence electrons. The molecular weight excluding hydrogens is 318 g/mol. The Morgan fingerprint density at radius 3 is 2.63 bits per heavy atom. The second-order valence-electron chi connectivity index (χ2n) is 4.48. The van der Waals surface area contributed by atoms with Gasteiger partial charge < -0.3 is 5.32 Å². The molecule has 2 aromatic rings. The molecule has 2 rings (SSSR count). The Hall–Kier alpha value is -0.900. The SMILES string of the molecule is CCNCC(C)=Cc1ccc(-c2ccc(Br)cc2)s1. The Morgan fingerprint density at radius 2 is 1.95 bits per heavy atom. The second kappa shape index (κ2) is 7.04. The van der Waals surface area contributed by atoms with E-state index < -0.39 is 0 Å². The third-order valence-corrected chi connectivity index (χ3v) is 4.41.